The van der Waals surface area contributed by atoms with Crippen molar-refractivity contribution in [2.45, 2.75) is 33.6 Å². The SMILES string of the molecule is [2H]CCC(C)CC[2H]. The molecule has 0 fully saturated rings. The van der Waals surface area contributed by atoms with Crippen LogP contribution in [0.4, 0.5) is 0 Å². The molecule has 0 aromatic heterocycles. The lowest BCUT2D eigenvalue weighted by atomic mass is 10.1. The number of rotatable bonds is 2. The second-order valence-electron chi connectivity index (χ2n) is 1.68. The number of hydrogen-bond donors (Lipinski definition) is 0. The van der Waals surface area contributed by atoms with Gasteiger partial charge in [-0.2, -0.15) is 0 Å². The summed E-state index contributed by atoms with van der Waals surface area (Å²) in [5.74, 6) is 0.588. The Labute approximate surface area is 43.4 Å². The maximum atomic E-state index is 6.85. The van der Waals surface area contributed by atoms with Gasteiger partial charge in [-0.05, 0) is 5.92 Å². The van der Waals surface area contributed by atoms with Crippen molar-refractivity contribution >= 4 is 0 Å². The van der Waals surface area contributed by atoms with Gasteiger partial charge in [0.05, 0.1) is 0 Å². The Hall–Kier alpha value is 0. The molecule has 0 spiro atoms. The molecule has 0 aliphatic rings. The monoisotopic (exact) mass is 88.1 g/mol. The molecule has 0 amide bonds. The zero-order valence-corrected chi connectivity index (χ0v) is 4.41. The average molecular weight is 88.2 g/mol. The first-order chi connectivity index (χ1) is 3.81. The van der Waals surface area contributed by atoms with Crippen molar-refractivity contribution in [3.05, 3.63) is 0 Å². The largest absolute Gasteiger partial charge is 0.0651 e. The van der Waals surface area contributed by atoms with E-state index in [9.17, 15) is 0 Å². The van der Waals surface area contributed by atoms with Gasteiger partial charge >= 0.3 is 0 Å². The van der Waals surface area contributed by atoms with Gasteiger partial charge in [-0.3, -0.25) is 0 Å². The third-order valence-corrected chi connectivity index (χ3v) is 0.986. The summed E-state index contributed by atoms with van der Waals surface area (Å²) in [5.41, 5.74) is 0. The van der Waals surface area contributed by atoms with Crippen LogP contribution in [0, 0.1) is 5.92 Å². The molecule has 0 N–H and O–H groups in total. The maximum absolute atomic E-state index is 6.85. The van der Waals surface area contributed by atoms with E-state index < -0.39 is 0 Å². The predicted molar refractivity (Wildman–Crippen MR) is 29.7 cm³/mol. The third kappa shape index (κ3) is 2.25. The molecule has 0 saturated carbocycles. The van der Waals surface area contributed by atoms with E-state index in [4.69, 9.17) is 2.74 Å². The van der Waals surface area contributed by atoms with E-state index in [1.165, 1.54) is 0 Å². The standard InChI is InChI=1S/C6H14/c1-4-6(3)5-2/h6H,4-5H2,1-3H3/i1D,2D. The van der Waals surface area contributed by atoms with Crippen molar-refractivity contribution in [1.82, 2.24) is 0 Å². The van der Waals surface area contributed by atoms with Crippen LogP contribution in [0.3, 0.4) is 0 Å². The van der Waals surface area contributed by atoms with Gasteiger partial charge in [0.15, 0.2) is 0 Å². The highest BCUT2D eigenvalue weighted by atomic mass is 13.9. The van der Waals surface area contributed by atoms with Gasteiger partial charge in [0, 0.05) is 2.74 Å². The first-order valence-corrected chi connectivity index (χ1v) is 2.39. The van der Waals surface area contributed by atoms with Crippen molar-refractivity contribution in [2.24, 2.45) is 5.92 Å². The smallest absolute Gasteiger partial charge is 0.0230 e. The van der Waals surface area contributed by atoms with Crippen molar-refractivity contribution < 1.29 is 2.74 Å². The summed E-state index contributed by atoms with van der Waals surface area (Å²) in [6.45, 7) is 3.13. The van der Waals surface area contributed by atoms with Crippen molar-refractivity contribution in [2.75, 3.05) is 0 Å². The molecular formula is C6H14. The fraction of sp³-hybridized carbons (Fsp3) is 1.00. The molecule has 0 radical (unpaired) electrons. The van der Waals surface area contributed by atoms with Crippen LogP contribution >= 0.6 is 0 Å². The van der Waals surface area contributed by atoms with Crippen LogP contribution < -0.4 is 0 Å². The second-order valence-corrected chi connectivity index (χ2v) is 1.68. The first-order valence-electron chi connectivity index (χ1n) is 3.81. The van der Waals surface area contributed by atoms with Gasteiger partial charge in [-0.25, -0.2) is 0 Å². The van der Waals surface area contributed by atoms with Crippen LogP contribution in [0.25, 0.3) is 0 Å². The Morgan fingerprint density at radius 2 is 2.00 bits per heavy atom. The Bertz CT molecular complexity index is 39.8. The molecule has 0 saturated heterocycles. The normalized spacial score (nSPS) is 14.3. The Morgan fingerprint density at radius 1 is 1.50 bits per heavy atom. The summed E-state index contributed by atoms with van der Waals surface area (Å²) in [4.78, 5) is 0. The quantitative estimate of drug-likeness (QED) is 0.486. The molecule has 0 bridgehead atoms. The van der Waals surface area contributed by atoms with E-state index >= 15 is 0 Å². The van der Waals surface area contributed by atoms with Crippen molar-refractivity contribution in [1.29, 1.82) is 0 Å². The molecule has 0 heterocycles. The average Bonchev–Trinajstić information content (AvgIpc) is 1.68. The van der Waals surface area contributed by atoms with Gasteiger partial charge in [0.25, 0.3) is 0 Å². The summed E-state index contributed by atoms with van der Waals surface area (Å²) < 4.78 is 13.7. The van der Waals surface area contributed by atoms with Crippen LogP contribution in [0.15, 0.2) is 0 Å². The lowest BCUT2D eigenvalue weighted by molar-refractivity contribution is 0.544. The molecule has 0 unspecified atom stereocenters. The van der Waals surface area contributed by atoms with Crippen LogP contribution in [0.2, 0.25) is 0 Å². The van der Waals surface area contributed by atoms with Crippen molar-refractivity contribution in [3.63, 3.8) is 0 Å². The minimum atomic E-state index is 0.515. The van der Waals surface area contributed by atoms with Crippen molar-refractivity contribution in [3.8, 4) is 0 Å². The molecule has 0 aliphatic carbocycles. The summed E-state index contributed by atoms with van der Waals surface area (Å²) in [5, 5.41) is 0. The molecular weight excluding hydrogens is 72.1 g/mol. The van der Waals surface area contributed by atoms with Crippen LogP contribution in [-0.2, 0) is 0 Å². The molecule has 0 aromatic rings. The summed E-state index contributed by atoms with van der Waals surface area (Å²) in [7, 11) is 0. The lowest BCUT2D eigenvalue weighted by Crippen LogP contribution is -1.85. The highest BCUT2D eigenvalue weighted by molar-refractivity contribution is 4.41. The lowest BCUT2D eigenvalue weighted by Gasteiger charge is -1.98. The van der Waals surface area contributed by atoms with E-state index in [0.29, 0.717) is 19.7 Å². The molecule has 0 atom stereocenters. The fourth-order valence-corrected chi connectivity index (χ4v) is 0.144. The van der Waals surface area contributed by atoms with E-state index in [1.54, 1.807) is 0 Å². The van der Waals surface area contributed by atoms with Gasteiger partial charge in [-0.1, -0.05) is 33.6 Å². The Balaban J connectivity index is 2.92. The molecule has 6 heavy (non-hydrogen) atoms. The van der Waals surface area contributed by atoms with Gasteiger partial charge < -0.3 is 0 Å². The topological polar surface area (TPSA) is 0 Å². The Morgan fingerprint density at radius 3 is 2.33 bits per heavy atom. The van der Waals surface area contributed by atoms with Gasteiger partial charge in [0.2, 0.25) is 0 Å². The zero-order valence-electron chi connectivity index (χ0n) is 6.41. The second kappa shape index (κ2) is 3.20. The molecule has 0 nitrogen and oxygen atoms in total. The number of hydrogen-bond acceptors (Lipinski definition) is 0. The van der Waals surface area contributed by atoms with Gasteiger partial charge in [-0.15, -0.1) is 0 Å². The third-order valence-electron chi connectivity index (χ3n) is 0.986. The minimum Gasteiger partial charge on any atom is -0.0651 e. The molecule has 0 aliphatic heterocycles. The van der Waals surface area contributed by atoms with Crippen LogP contribution in [0.5, 0.6) is 0 Å². The van der Waals surface area contributed by atoms with Gasteiger partial charge in [0.1, 0.15) is 0 Å². The van der Waals surface area contributed by atoms with Crippen LogP contribution in [-0.4, -0.2) is 0 Å². The molecule has 0 aromatic carbocycles. The summed E-state index contributed by atoms with van der Waals surface area (Å²) in [6.07, 6.45) is 1.91. The fourth-order valence-electron chi connectivity index (χ4n) is 0.144. The summed E-state index contributed by atoms with van der Waals surface area (Å²) >= 11 is 0. The summed E-state index contributed by atoms with van der Waals surface area (Å²) in [6, 6.07) is 0. The van der Waals surface area contributed by atoms with E-state index in [-0.39, 0.29) is 0 Å². The zero-order chi connectivity index (χ0) is 6.41. The van der Waals surface area contributed by atoms with E-state index in [0.717, 1.165) is 12.8 Å². The molecule has 0 heteroatoms. The van der Waals surface area contributed by atoms with E-state index in [2.05, 4.69) is 6.92 Å². The predicted octanol–water partition coefficient (Wildman–Crippen LogP) is 2.44. The van der Waals surface area contributed by atoms with E-state index in [1.807, 2.05) is 0 Å². The first kappa shape index (κ1) is 3.06. The highest BCUT2D eigenvalue weighted by Gasteiger charge is 1.88. The van der Waals surface area contributed by atoms with Crippen LogP contribution in [0.1, 0.15) is 36.3 Å². The molecule has 38 valence electrons. The molecule has 0 rings (SSSR count). The minimum absolute atomic E-state index is 0.515. The maximum Gasteiger partial charge on any atom is 0.0230 e. The highest BCUT2D eigenvalue weighted by Crippen LogP contribution is 2.02. The Kier molecular flexibility index (Phi) is 1.63.